The van der Waals surface area contributed by atoms with Crippen molar-refractivity contribution in [3.8, 4) is 0 Å². The molecule has 0 radical (unpaired) electrons. The van der Waals surface area contributed by atoms with E-state index in [1.807, 2.05) is 6.07 Å². The topological polar surface area (TPSA) is 29.3 Å². The van der Waals surface area contributed by atoms with Crippen LogP contribution in [0.25, 0.3) is 0 Å². The second-order valence-electron chi connectivity index (χ2n) is 3.94. The lowest BCUT2D eigenvalue weighted by atomic mass is 10.1. The van der Waals surface area contributed by atoms with Crippen LogP contribution in [0.5, 0.6) is 0 Å². The van der Waals surface area contributed by atoms with Gasteiger partial charge in [0.05, 0.1) is 11.4 Å². The van der Waals surface area contributed by atoms with Gasteiger partial charge >= 0.3 is 0 Å². The Balaban J connectivity index is 2.29. The van der Waals surface area contributed by atoms with E-state index in [1.54, 1.807) is 0 Å². The molecule has 1 aliphatic rings. The Kier molecular flexibility index (Phi) is 2.62. The smallest absolute Gasteiger partial charge is 0.0602 e. The van der Waals surface area contributed by atoms with Gasteiger partial charge in [0.2, 0.25) is 0 Å². The predicted octanol–water partition coefficient (Wildman–Crippen LogP) is 2.43. The van der Waals surface area contributed by atoms with E-state index < -0.39 is 0 Å². The minimum absolute atomic E-state index is 0.920. The molecule has 2 nitrogen and oxygen atoms in total. The van der Waals surface area contributed by atoms with Crippen LogP contribution in [0.1, 0.15) is 25.3 Å². The highest BCUT2D eigenvalue weighted by molar-refractivity contribution is 5.68. The highest BCUT2D eigenvalue weighted by Crippen LogP contribution is 2.27. The normalized spacial score (nSPS) is 16.2. The molecule has 2 N–H and O–H groups in total. The van der Waals surface area contributed by atoms with E-state index in [1.165, 1.54) is 24.1 Å². The zero-order valence-corrected chi connectivity index (χ0v) is 8.79. The van der Waals surface area contributed by atoms with Crippen LogP contribution in [0.4, 0.5) is 11.4 Å². The van der Waals surface area contributed by atoms with Crippen molar-refractivity contribution >= 4 is 11.4 Å². The van der Waals surface area contributed by atoms with Crippen molar-refractivity contribution in [2.45, 2.75) is 26.2 Å². The highest BCUT2D eigenvalue weighted by Gasteiger charge is 2.14. The van der Waals surface area contributed by atoms with Gasteiger partial charge in [0.1, 0.15) is 0 Å². The van der Waals surface area contributed by atoms with E-state index in [4.69, 9.17) is 5.73 Å². The Bertz CT molecular complexity index is 314. The van der Waals surface area contributed by atoms with Gasteiger partial charge in [-0.3, -0.25) is 0 Å². The summed E-state index contributed by atoms with van der Waals surface area (Å²) in [5.74, 6) is 0. The fourth-order valence-electron chi connectivity index (χ4n) is 2.04. The average Bonchev–Trinajstić information content (AvgIpc) is 2.71. The second kappa shape index (κ2) is 3.91. The standard InChI is InChI=1S/C12H18N2/c1-2-10-5-6-11(13)12(9-10)14-7-3-4-8-14/h5-6,9H,2-4,7-8,13H2,1H3. The number of nitrogens with two attached hydrogens (primary N) is 1. The first-order chi connectivity index (χ1) is 6.81. The Morgan fingerprint density at radius 3 is 2.64 bits per heavy atom. The van der Waals surface area contributed by atoms with Gasteiger partial charge in [0, 0.05) is 13.1 Å². The van der Waals surface area contributed by atoms with Crippen LogP contribution in [0.2, 0.25) is 0 Å². The third-order valence-electron chi connectivity index (χ3n) is 2.95. The predicted molar refractivity (Wildman–Crippen MR) is 61.7 cm³/mol. The van der Waals surface area contributed by atoms with Crippen LogP contribution in [-0.2, 0) is 6.42 Å². The minimum atomic E-state index is 0.920. The van der Waals surface area contributed by atoms with Crippen LogP contribution < -0.4 is 10.6 Å². The van der Waals surface area contributed by atoms with Crippen molar-refractivity contribution in [3.05, 3.63) is 23.8 Å². The molecule has 1 aromatic rings. The van der Waals surface area contributed by atoms with Crippen LogP contribution in [0.15, 0.2) is 18.2 Å². The molecule has 1 heterocycles. The second-order valence-corrected chi connectivity index (χ2v) is 3.94. The maximum atomic E-state index is 5.98. The van der Waals surface area contributed by atoms with Crippen LogP contribution in [0, 0.1) is 0 Å². The number of nitrogen functional groups attached to an aromatic ring is 1. The quantitative estimate of drug-likeness (QED) is 0.726. The lowest BCUT2D eigenvalue weighted by Crippen LogP contribution is -2.19. The van der Waals surface area contributed by atoms with Crippen LogP contribution >= 0.6 is 0 Å². The van der Waals surface area contributed by atoms with Crippen LogP contribution in [-0.4, -0.2) is 13.1 Å². The van der Waals surface area contributed by atoms with Gasteiger partial charge in [0.15, 0.2) is 0 Å². The molecule has 0 atom stereocenters. The van der Waals surface area contributed by atoms with Crippen molar-refractivity contribution in [3.63, 3.8) is 0 Å². The molecule has 0 unspecified atom stereocenters. The summed E-state index contributed by atoms with van der Waals surface area (Å²) in [5, 5.41) is 0. The summed E-state index contributed by atoms with van der Waals surface area (Å²) in [6.07, 6.45) is 3.69. The van der Waals surface area contributed by atoms with E-state index in [0.717, 1.165) is 25.2 Å². The van der Waals surface area contributed by atoms with Gasteiger partial charge in [-0.1, -0.05) is 13.0 Å². The number of rotatable bonds is 2. The summed E-state index contributed by atoms with van der Waals surface area (Å²) in [5.41, 5.74) is 9.52. The van der Waals surface area contributed by atoms with E-state index in [9.17, 15) is 0 Å². The summed E-state index contributed by atoms with van der Waals surface area (Å²) in [7, 11) is 0. The van der Waals surface area contributed by atoms with Crippen molar-refractivity contribution in [1.29, 1.82) is 0 Å². The van der Waals surface area contributed by atoms with E-state index in [0.29, 0.717) is 0 Å². The number of hydrogen-bond acceptors (Lipinski definition) is 2. The summed E-state index contributed by atoms with van der Waals surface area (Å²) in [6.45, 7) is 4.51. The minimum Gasteiger partial charge on any atom is -0.397 e. The van der Waals surface area contributed by atoms with Crippen molar-refractivity contribution in [2.75, 3.05) is 23.7 Å². The van der Waals surface area contributed by atoms with E-state index in [2.05, 4.69) is 24.0 Å². The Hall–Kier alpha value is -1.18. The van der Waals surface area contributed by atoms with Gasteiger partial charge < -0.3 is 10.6 Å². The summed E-state index contributed by atoms with van der Waals surface area (Å²) < 4.78 is 0. The molecule has 0 amide bonds. The molecular weight excluding hydrogens is 172 g/mol. The van der Waals surface area contributed by atoms with Crippen molar-refractivity contribution < 1.29 is 0 Å². The largest absolute Gasteiger partial charge is 0.397 e. The Morgan fingerprint density at radius 1 is 1.29 bits per heavy atom. The number of aryl methyl sites for hydroxylation is 1. The fourth-order valence-corrected chi connectivity index (χ4v) is 2.04. The molecule has 1 saturated heterocycles. The maximum absolute atomic E-state index is 5.98. The first-order valence-corrected chi connectivity index (χ1v) is 5.44. The molecule has 2 heteroatoms. The number of nitrogens with zero attached hydrogens (tertiary/aromatic N) is 1. The molecule has 1 aromatic carbocycles. The Labute approximate surface area is 85.7 Å². The third-order valence-corrected chi connectivity index (χ3v) is 2.95. The molecule has 14 heavy (non-hydrogen) atoms. The zero-order valence-electron chi connectivity index (χ0n) is 8.79. The zero-order chi connectivity index (χ0) is 9.97. The van der Waals surface area contributed by atoms with Gasteiger partial charge in [0.25, 0.3) is 0 Å². The lowest BCUT2D eigenvalue weighted by Gasteiger charge is -2.20. The maximum Gasteiger partial charge on any atom is 0.0602 e. The molecule has 1 fully saturated rings. The molecule has 76 valence electrons. The molecule has 2 rings (SSSR count). The van der Waals surface area contributed by atoms with E-state index >= 15 is 0 Å². The lowest BCUT2D eigenvalue weighted by molar-refractivity contribution is 0.949. The molecule has 0 aliphatic carbocycles. The molecule has 0 aromatic heterocycles. The SMILES string of the molecule is CCc1ccc(N)c(N2CCCC2)c1. The first kappa shape index (κ1) is 9.38. The summed E-state index contributed by atoms with van der Waals surface area (Å²) >= 11 is 0. The number of hydrogen-bond donors (Lipinski definition) is 1. The van der Waals surface area contributed by atoms with E-state index in [-0.39, 0.29) is 0 Å². The van der Waals surface area contributed by atoms with Gasteiger partial charge in [-0.25, -0.2) is 0 Å². The first-order valence-electron chi connectivity index (χ1n) is 5.44. The summed E-state index contributed by atoms with van der Waals surface area (Å²) in [6, 6.07) is 6.39. The number of benzene rings is 1. The third kappa shape index (κ3) is 1.69. The fraction of sp³-hybridized carbons (Fsp3) is 0.500. The average molecular weight is 190 g/mol. The number of anilines is 2. The molecule has 1 aliphatic heterocycles. The molecule has 0 bridgehead atoms. The van der Waals surface area contributed by atoms with Crippen LogP contribution in [0.3, 0.4) is 0 Å². The Morgan fingerprint density at radius 2 is 2.00 bits per heavy atom. The van der Waals surface area contributed by atoms with Gasteiger partial charge in [-0.2, -0.15) is 0 Å². The molecule has 0 saturated carbocycles. The monoisotopic (exact) mass is 190 g/mol. The molecule has 0 spiro atoms. The van der Waals surface area contributed by atoms with Crippen molar-refractivity contribution in [1.82, 2.24) is 0 Å². The van der Waals surface area contributed by atoms with Gasteiger partial charge in [-0.05, 0) is 37.0 Å². The van der Waals surface area contributed by atoms with Gasteiger partial charge in [-0.15, -0.1) is 0 Å². The van der Waals surface area contributed by atoms with Crippen molar-refractivity contribution in [2.24, 2.45) is 0 Å². The summed E-state index contributed by atoms with van der Waals surface area (Å²) in [4.78, 5) is 2.40. The molecular formula is C12H18N2. The highest BCUT2D eigenvalue weighted by atomic mass is 15.1.